The van der Waals surface area contributed by atoms with Crippen molar-refractivity contribution in [2.24, 2.45) is 0 Å². The summed E-state index contributed by atoms with van der Waals surface area (Å²) in [6.45, 7) is 3.31. The molecule has 0 aliphatic rings. The zero-order valence-electron chi connectivity index (χ0n) is 13.2. The van der Waals surface area contributed by atoms with Crippen LogP contribution in [0.3, 0.4) is 0 Å². The van der Waals surface area contributed by atoms with Crippen LogP contribution in [-0.2, 0) is 17.8 Å². The lowest BCUT2D eigenvalue weighted by Gasteiger charge is -2.08. The molecule has 5 heteroatoms. The van der Waals surface area contributed by atoms with Gasteiger partial charge in [0.1, 0.15) is 5.75 Å². The molecule has 0 heterocycles. The van der Waals surface area contributed by atoms with Gasteiger partial charge in [-0.2, -0.15) is 0 Å². The molecule has 0 saturated heterocycles. The van der Waals surface area contributed by atoms with Crippen LogP contribution < -0.4 is 15.8 Å². The summed E-state index contributed by atoms with van der Waals surface area (Å²) in [5.74, 6) is 0.856. The summed E-state index contributed by atoms with van der Waals surface area (Å²) in [5.41, 5.74) is 8.33. The van der Waals surface area contributed by atoms with E-state index in [4.69, 9.17) is 10.5 Å². The van der Waals surface area contributed by atoms with Crippen LogP contribution in [0.5, 0.6) is 5.75 Å². The fourth-order valence-electron chi connectivity index (χ4n) is 2.01. The second-order valence-electron chi connectivity index (χ2n) is 5.19. The van der Waals surface area contributed by atoms with Crippen LogP contribution in [0.1, 0.15) is 24.5 Å². The van der Waals surface area contributed by atoms with E-state index in [0.717, 1.165) is 29.9 Å². The van der Waals surface area contributed by atoms with Crippen molar-refractivity contribution in [2.45, 2.75) is 26.3 Å². The number of anilines is 1. The van der Waals surface area contributed by atoms with Gasteiger partial charge in [0.2, 0.25) is 5.91 Å². The average Bonchev–Trinajstić information content (AvgIpc) is 2.54. The molecule has 0 atom stereocenters. The second kappa shape index (κ2) is 9.74. The van der Waals surface area contributed by atoms with Crippen molar-refractivity contribution in [3.05, 3.63) is 59.7 Å². The van der Waals surface area contributed by atoms with Gasteiger partial charge < -0.3 is 15.8 Å². The lowest BCUT2D eigenvalue weighted by atomic mass is 10.1. The normalized spacial score (nSPS) is 9.78. The Morgan fingerprint density at radius 1 is 1.04 bits per heavy atom. The summed E-state index contributed by atoms with van der Waals surface area (Å²) in [6, 6.07) is 15.1. The Morgan fingerprint density at radius 3 is 2.26 bits per heavy atom. The highest BCUT2D eigenvalue weighted by Crippen LogP contribution is 2.12. The first-order chi connectivity index (χ1) is 10.7. The maximum absolute atomic E-state index is 11.9. The van der Waals surface area contributed by atoms with E-state index in [1.54, 1.807) is 12.1 Å². The zero-order valence-corrected chi connectivity index (χ0v) is 14.1. The van der Waals surface area contributed by atoms with Crippen molar-refractivity contribution >= 4 is 24.0 Å². The van der Waals surface area contributed by atoms with Gasteiger partial charge in [-0.15, -0.1) is 12.4 Å². The minimum absolute atomic E-state index is 0. The third-order valence-electron chi connectivity index (χ3n) is 3.23. The molecule has 3 N–H and O–H groups in total. The van der Waals surface area contributed by atoms with E-state index in [-0.39, 0.29) is 18.3 Å². The Labute approximate surface area is 143 Å². The van der Waals surface area contributed by atoms with Crippen molar-refractivity contribution < 1.29 is 9.53 Å². The highest BCUT2D eigenvalue weighted by atomic mass is 35.5. The average molecular weight is 335 g/mol. The first-order valence-corrected chi connectivity index (χ1v) is 7.50. The van der Waals surface area contributed by atoms with Crippen LogP contribution in [0.15, 0.2) is 48.5 Å². The molecule has 23 heavy (non-hydrogen) atoms. The van der Waals surface area contributed by atoms with Crippen LogP contribution in [0.4, 0.5) is 5.69 Å². The lowest BCUT2D eigenvalue weighted by Crippen LogP contribution is -2.24. The smallest absolute Gasteiger partial charge is 0.224 e. The third kappa shape index (κ3) is 6.61. The van der Waals surface area contributed by atoms with Crippen LogP contribution >= 0.6 is 12.4 Å². The van der Waals surface area contributed by atoms with Gasteiger partial charge in [0.25, 0.3) is 0 Å². The maximum atomic E-state index is 11.9. The van der Waals surface area contributed by atoms with Gasteiger partial charge >= 0.3 is 0 Å². The Morgan fingerprint density at radius 2 is 1.65 bits per heavy atom. The summed E-state index contributed by atoms with van der Waals surface area (Å²) in [7, 11) is 0. The summed E-state index contributed by atoms with van der Waals surface area (Å²) in [5, 5.41) is 2.91. The molecule has 0 spiro atoms. The van der Waals surface area contributed by atoms with Crippen LogP contribution in [-0.4, -0.2) is 12.5 Å². The lowest BCUT2D eigenvalue weighted by molar-refractivity contribution is -0.120. The minimum Gasteiger partial charge on any atom is -0.494 e. The molecule has 4 nitrogen and oxygen atoms in total. The Kier molecular flexibility index (Phi) is 7.98. The maximum Gasteiger partial charge on any atom is 0.224 e. The number of hydrogen-bond acceptors (Lipinski definition) is 3. The number of nitrogen functional groups attached to an aromatic ring is 1. The van der Waals surface area contributed by atoms with Gasteiger partial charge in [0.05, 0.1) is 13.0 Å². The van der Waals surface area contributed by atoms with Crippen LogP contribution in [0.25, 0.3) is 0 Å². The number of carbonyl (C=O) groups excluding carboxylic acids is 1. The monoisotopic (exact) mass is 334 g/mol. The molecule has 0 unspecified atom stereocenters. The zero-order chi connectivity index (χ0) is 15.8. The molecule has 0 aliphatic carbocycles. The third-order valence-corrected chi connectivity index (χ3v) is 3.23. The van der Waals surface area contributed by atoms with Crippen molar-refractivity contribution in [2.75, 3.05) is 12.3 Å². The summed E-state index contributed by atoms with van der Waals surface area (Å²) in [4.78, 5) is 11.9. The highest BCUT2D eigenvalue weighted by molar-refractivity contribution is 5.85. The number of nitrogens with two attached hydrogens (primary N) is 1. The Bertz CT molecular complexity index is 597. The number of rotatable bonds is 7. The molecule has 0 aromatic heterocycles. The number of amides is 1. The van der Waals surface area contributed by atoms with E-state index in [0.29, 0.717) is 18.7 Å². The molecule has 1 amide bonds. The molecule has 2 rings (SSSR count). The number of nitrogens with one attached hydrogen (secondary N) is 1. The summed E-state index contributed by atoms with van der Waals surface area (Å²) in [6.07, 6.45) is 1.35. The molecule has 0 saturated carbocycles. The minimum atomic E-state index is -0.00363. The SMILES string of the molecule is CCCOc1ccc(CNC(=O)Cc2ccc(N)cc2)cc1.Cl. The number of ether oxygens (including phenoxy) is 1. The van der Waals surface area contributed by atoms with Crippen molar-refractivity contribution in [3.63, 3.8) is 0 Å². The van der Waals surface area contributed by atoms with Crippen molar-refractivity contribution in [1.29, 1.82) is 0 Å². The fourth-order valence-corrected chi connectivity index (χ4v) is 2.01. The summed E-state index contributed by atoms with van der Waals surface area (Å²) < 4.78 is 5.53. The van der Waals surface area contributed by atoms with Gasteiger partial charge in [-0.1, -0.05) is 31.2 Å². The van der Waals surface area contributed by atoms with E-state index in [1.807, 2.05) is 36.4 Å². The fraction of sp³-hybridized carbons (Fsp3) is 0.278. The van der Waals surface area contributed by atoms with E-state index < -0.39 is 0 Å². The predicted octanol–water partition coefficient (Wildman–Crippen LogP) is 3.34. The first-order valence-electron chi connectivity index (χ1n) is 7.50. The van der Waals surface area contributed by atoms with E-state index in [9.17, 15) is 4.79 Å². The number of carbonyl (C=O) groups is 1. The molecule has 0 aliphatic heterocycles. The Balaban J connectivity index is 0.00000264. The number of hydrogen-bond donors (Lipinski definition) is 2. The molecule has 124 valence electrons. The van der Waals surface area contributed by atoms with Gasteiger partial charge in [-0.25, -0.2) is 0 Å². The van der Waals surface area contributed by atoms with Crippen LogP contribution in [0, 0.1) is 0 Å². The largest absolute Gasteiger partial charge is 0.494 e. The molecule has 0 fully saturated rings. The molecule has 0 bridgehead atoms. The van der Waals surface area contributed by atoms with E-state index in [1.165, 1.54) is 0 Å². The quantitative estimate of drug-likeness (QED) is 0.763. The number of halogens is 1. The molecule has 0 radical (unpaired) electrons. The highest BCUT2D eigenvalue weighted by Gasteiger charge is 2.03. The van der Waals surface area contributed by atoms with Crippen molar-refractivity contribution in [1.82, 2.24) is 5.32 Å². The van der Waals surface area contributed by atoms with Gasteiger partial charge in [-0.05, 0) is 41.8 Å². The topological polar surface area (TPSA) is 64.3 Å². The molecule has 2 aromatic carbocycles. The molecular weight excluding hydrogens is 312 g/mol. The second-order valence-corrected chi connectivity index (χ2v) is 5.19. The standard InChI is InChI=1S/C18H22N2O2.ClH/c1-2-11-22-17-9-5-15(6-10-17)13-20-18(21)12-14-3-7-16(19)8-4-14;/h3-10H,2,11-13,19H2,1H3,(H,20,21);1H. The first kappa shape index (κ1) is 18.8. The van der Waals surface area contributed by atoms with Crippen LogP contribution in [0.2, 0.25) is 0 Å². The Hall–Kier alpha value is -2.20. The van der Waals surface area contributed by atoms with Gasteiger partial charge in [0.15, 0.2) is 0 Å². The van der Waals surface area contributed by atoms with Gasteiger partial charge in [-0.3, -0.25) is 4.79 Å². The number of benzene rings is 2. The van der Waals surface area contributed by atoms with E-state index in [2.05, 4.69) is 12.2 Å². The molecular formula is C18H23ClN2O2. The summed E-state index contributed by atoms with van der Waals surface area (Å²) >= 11 is 0. The predicted molar refractivity (Wildman–Crippen MR) is 95.9 cm³/mol. The molecule has 2 aromatic rings. The van der Waals surface area contributed by atoms with Gasteiger partial charge in [0, 0.05) is 12.2 Å². The van der Waals surface area contributed by atoms with Crippen molar-refractivity contribution in [3.8, 4) is 5.75 Å². The van der Waals surface area contributed by atoms with E-state index >= 15 is 0 Å².